The van der Waals surface area contributed by atoms with Crippen LogP contribution in [-0.2, 0) is 4.79 Å². The number of rotatable bonds is 5. The van der Waals surface area contributed by atoms with Gasteiger partial charge in [0.15, 0.2) is 0 Å². The van der Waals surface area contributed by atoms with E-state index in [9.17, 15) is 4.79 Å². The van der Waals surface area contributed by atoms with Crippen LogP contribution >= 0.6 is 11.3 Å². The Labute approximate surface area is 117 Å². The third kappa shape index (κ3) is 3.52. The van der Waals surface area contributed by atoms with E-state index in [1.165, 1.54) is 0 Å². The van der Waals surface area contributed by atoms with E-state index < -0.39 is 6.04 Å². The summed E-state index contributed by atoms with van der Waals surface area (Å²) < 4.78 is 1.08. The SMILES string of the molecule is CCCCC(N)C(=O)Nc1ccc2nc(C)sc2c1. The number of nitrogens with zero attached hydrogens (tertiary/aromatic N) is 1. The van der Waals surface area contributed by atoms with Gasteiger partial charge in [0.05, 0.1) is 21.3 Å². The van der Waals surface area contributed by atoms with Crippen LogP contribution in [0.15, 0.2) is 18.2 Å². The molecule has 0 spiro atoms. The summed E-state index contributed by atoms with van der Waals surface area (Å²) in [4.78, 5) is 16.3. The zero-order valence-electron chi connectivity index (χ0n) is 11.3. The molecule has 0 radical (unpaired) electrons. The van der Waals surface area contributed by atoms with Gasteiger partial charge in [0.1, 0.15) is 0 Å². The Kier molecular flexibility index (Phi) is 4.50. The Bertz CT molecular complexity index is 579. The van der Waals surface area contributed by atoms with Crippen LogP contribution in [0.25, 0.3) is 10.2 Å². The molecule has 0 aliphatic rings. The molecule has 0 saturated carbocycles. The van der Waals surface area contributed by atoms with Crippen LogP contribution in [0, 0.1) is 6.92 Å². The summed E-state index contributed by atoms with van der Waals surface area (Å²) in [6.07, 6.45) is 2.75. The molecule has 1 aromatic heterocycles. The van der Waals surface area contributed by atoms with Gasteiger partial charge in [-0.15, -0.1) is 11.3 Å². The van der Waals surface area contributed by atoms with Gasteiger partial charge in [-0.2, -0.15) is 0 Å². The monoisotopic (exact) mass is 277 g/mol. The molecule has 1 aromatic carbocycles. The first-order chi connectivity index (χ1) is 9.10. The predicted molar refractivity (Wildman–Crippen MR) is 80.5 cm³/mol. The molecule has 0 saturated heterocycles. The largest absolute Gasteiger partial charge is 0.325 e. The van der Waals surface area contributed by atoms with E-state index in [-0.39, 0.29) is 5.91 Å². The first-order valence-electron chi connectivity index (χ1n) is 6.53. The minimum atomic E-state index is -0.432. The van der Waals surface area contributed by atoms with Gasteiger partial charge in [-0.05, 0) is 31.5 Å². The molecule has 1 amide bonds. The Morgan fingerprint density at radius 3 is 3.05 bits per heavy atom. The maximum absolute atomic E-state index is 11.9. The molecule has 0 aliphatic carbocycles. The molecule has 1 unspecified atom stereocenters. The summed E-state index contributed by atoms with van der Waals surface area (Å²) in [5, 5.41) is 3.89. The van der Waals surface area contributed by atoms with Crippen LogP contribution in [0.5, 0.6) is 0 Å². The second-order valence-corrected chi connectivity index (χ2v) is 5.89. The van der Waals surface area contributed by atoms with Gasteiger partial charge in [-0.25, -0.2) is 4.98 Å². The lowest BCUT2D eigenvalue weighted by molar-refractivity contribution is -0.117. The van der Waals surface area contributed by atoms with Crippen molar-refractivity contribution in [3.8, 4) is 0 Å². The number of hydrogen-bond donors (Lipinski definition) is 2. The summed E-state index contributed by atoms with van der Waals surface area (Å²) in [7, 11) is 0. The number of hydrogen-bond acceptors (Lipinski definition) is 4. The van der Waals surface area contributed by atoms with Gasteiger partial charge in [0, 0.05) is 5.69 Å². The molecule has 0 fully saturated rings. The van der Waals surface area contributed by atoms with Gasteiger partial charge in [0.2, 0.25) is 5.91 Å². The molecule has 102 valence electrons. The van der Waals surface area contributed by atoms with Gasteiger partial charge in [-0.1, -0.05) is 19.8 Å². The number of fused-ring (bicyclic) bond motifs is 1. The van der Waals surface area contributed by atoms with Crippen LogP contribution in [0.2, 0.25) is 0 Å². The number of carbonyl (C=O) groups excluding carboxylic acids is 1. The third-order valence-electron chi connectivity index (χ3n) is 2.97. The summed E-state index contributed by atoms with van der Waals surface area (Å²) in [5.41, 5.74) is 7.60. The molecule has 2 rings (SSSR count). The summed E-state index contributed by atoms with van der Waals surface area (Å²) in [5.74, 6) is -0.117. The molecule has 0 aliphatic heterocycles. The minimum absolute atomic E-state index is 0.117. The zero-order valence-corrected chi connectivity index (χ0v) is 12.1. The number of nitrogens with one attached hydrogen (secondary N) is 1. The smallest absolute Gasteiger partial charge is 0.241 e. The summed E-state index contributed by atoms with van der Waals surface area (Å²) in [6.45, 7) is 4.06. The topological polar surface area (TPSA) is 68.0 Å². The second-order valence-electron chi connectivity index (χ2n) is 4.65. The number of carbonyl (C=O) groups is 1. The second kappa shape index (κ2) is 6.12. The highest BCUT2D eigenvalue weighted by atomic mass is 32.1. The van der Waals surface area contributed by atoms with E-state index >= 15 is 0 Å². The van der Waals surface area contributed by atoms with Crippen molar-refractivity contribution < 1.29 is 4.79 Å². The average Bonchev–Trinajstić information content (AvgIpc) is 2.75. The molecule has 3 N–H and O–H groups in total. The Morgan fingerprint density at radius 2 is 2.32 bits per heavy atom. The van der Waals surface area contributed by atoms with Gasteiger partial charge in [-0.3, -0.25) is 4.79 Å². The molecule has 4 nitrogen and oxygen atoms in total. The summed E-state index contributed by atoms with van der Waals surface area (Å²) >= 11 is 1.62. The third-order valence-corrected chi connectivity index (χ3v) is 3.90. The van der Waals surface area contributed by atoms with Crippen molar-refractivity contribution in [1.82, 2.24) is 4.98 Å². The lowest BCUT2D eigenvalue weighted by Gasteiger charge is -2.11. The van der Waals surface area contributed by atoms with Crippen molar-refractivity contribution in [2.45, 2.75) is 39.2 Å². The maximum Gasteiger partial charge on any atom is 0.241 e. The highest BCUT2D eigenvalue weighted by Gasteiger charge is 2.13. The molecule has 2 aromatic rings. The van der Waals surface area contributed by atoms with E-state index in [0.717, 1.165) is 40.2 Å². The number of anilines is 1. The molecule has 19 heavy (non-hydrogen) atoms. The van der Waals surface area contributed by atoms with E-state index in [4.69, 9.17) is 5.73 Å². The number of amides is 1. The van der Waals surface area contributed by atoms with E-state index in [1.807, 2.05) is 25.1 Å². The van der Waals surface area contributed by atoms with Crippen LogP contribution in [-0.4, -0.2) is 16.9 Å². The van der Waals surface area contributed by atoms with Crippen LogP contribution < -0.4 is 11.1 Å². The average molecular weight is 277 g/mol. The highest BCUT2D eigenvalue weighted by molar-refractivity contribution is 7.18. The van der Waals surface area contributed by atoms with Crippen molar-refractivity contribution in [3.63, 3.8) is 0 Å². The Morgan fingerprint density at radius 1 is 1.53 bits per heavy atom. The molecule has 1 heterocycles. The summed E-state index contributed by atoms with van der Waals surface area (Å²) in [6, 6.07) is 5.31. The fraction of sp³-hybridized carbons (Fsp3) is 0.429. The zero-order chi connectivity index (χ0) is 13.8. The fourth-order valence-electron chi connectivity index (χ4n) is 1.91. The first kappa shape index (κ1) is 14.0. The molecular formula is C14H19N3OS. The van der Waals surface area contributed by atoms with Crippen molar-refractivity contribution >= 4 is 33.1 Å². The lowest BCUT2D eigenvalue weighted by Crippen LogP contribution is -2.35. The van der Waals surface area contributed by atoms with Crippen LogP contribution in [0.4, 0.5) is 5.69 Å². The van der Waals surface area contributed by atoms with Gasteiger partial charge < -0.3 is 11.1 Å². The fourth-order valence-corrected chi connectivity index (χ4v) is 2.77. The standard InChI is InChI=1S/C14H19N3OS/c1-3-4-5-11(15)14(18)17-10-6-7-12-13(8-10)19-9(2)16-12/h6-8,11H,3-5,15H2,1-2H3,(H,17,18). The number of unbranched alkanes of at least 4 members (excludes halogenated alkanes) is 1. The normalized spacial score (nSPS) is 12.6. The molecule has 5 heteroatoms. The minimum Gasteiger partial charge on any atom is -0.325 e. The van der Waals surface area contributed by atoms with E-state index in [0.29, 0.717) is 0 Å². The molecule has 0 bridgehead atoms. The number of aryl methyl sites for hydroxylation is 1. The number of benzene rings is 1. The first-order valence-corrected chi connectivity index (χ1v) is 7.35. The van der Waals surface area contributed by atoms with Crippen molar-refractivity contribution in [2.75, 3.05) is 5.32 Å². The Balaban J connectivity index is 2.06. The molecular weight excluding hydrogens is 258 g/mol. The number of thiazole rings is 1. The number of aromatic nitrogens is 1. The lowest BCUT2D eigenvalue weighted by atomic mass is 10.1. The van der Waals surface area contributed by atoms with E-state index in [1.54, 1.807) is 11.3 Å². The van der Waals surface area contributed by atoms with Crippen LogP contribution in [0.1, 0.15) is 31.2 Å². The number of nitrogens with two attached hydrogens (primary N) is 1. The highest BCUT2D eigenvalue weighted by Crippen LogP contribution is 2.24. The van der Waals surface area contributed by atoms with Crippen molar-refractivity contribution in [1.29, 1.82) is 0 Å². The van der Waals surface area contributed by atoms with Crippen molar-refractivity contribution in [2.24, 2.45) is 5.73 Å². The van der Waals surface area contributed by atoms with E-state index in [2.05, 4.69) is 17.2 Å². The van der Waals surface area contributed by atoms with Crippen LogP contribution in [0.3, 0.4) is 0 Å². The predicted octanol–water partition coefficient (Wildman–Crippen LogP) is 3.06. The maximum atomic E-state index is 11.9. The quantitative estimate of drug-likeness (QED) is 0.882. The van der Waals surface area contributed by atoms with Gasteiger partial charge >= 0.3 is 0 Å². The van der Waals surface area contributed by atoms with Crippen molar-refractivity contribution in [3.05, 3.63) is 23.2 Å². The molecule has 1 atom stereocenters. The Hall–Kier alpha value is -1.46. The van der Waals surface area contributed by atoms with Gasteiger partial charge in [0.25, 0.3) is 0 Å².